The molecule has 2 aromatic heterocycles. The Balaban J connectivity index is 1.14. The normalized spacial score (nSPS) is 14.6. The summed E-state index contributed by atoms with van der Waals surface area (Å²) >= 11 is 0. The van der Waals surface area contributed by atoms with Gasteiger partial charge >= 0.3 is 0 Å². The lowest BCUT2D eigenvalue weighted by Crippen LogP contribution is -2.61. The lowest BCUT2D eigenvalue weighted by molar-refractivity contribution is 0.648. The first-order chi connectivity index (χ1) is 27.6. The summed E-state index contributed by atoms with van der Waals surface area (Å²) in [6, 6.07) is 59.6. The largest absolute Gasteiger partial charge is 0.456 e. The molecule has 2 aliphatic heterocycles. The first kappa shape index (κ1) is 30.4. The molecule has 4 nitrogen and oxygen atoms in total. The van der Waals surface area contributed by atoms with Gasteiger partial charge in [0.1, 0.15) is 16.7 Å². The Kier molecular flexibility index (Phi) is 5.76. The van der Waals surface area contributed by atoms with Gasteiger partial charge < -0.3 is 18.6 Å². The summed E-state index contributed by atoms with van der Waals surface area (Å²) in [6.07, 6.45) is 0. The fraction of sp³-hybridized carbons (Fsp3) is 0.0588. The van der Waals surface area contributed by atoms with Gasteiger partial charge in [0, 0.05) is 61.5 Å². The van der Waals surface area contributed by atoms with Crippen molar-refractivity contribution in [3.63, 3.8) is 0 Å². The van der Waals surface area contributed by atoms with E-state index in [0.29, 0.717) is 0 Å². The second kappa shape index (κ2) is 10.6. The highest BCUT2D eigenvalue weighted by Crippen LogP contribution is 2.58. The molecular formula is C51H33BN2O2. The molecule has 262 valence electrons. The minimum absolute atomic E-state index is 0.0316. The molecule has 5 heteroatoms. The lowest BCUT2D eigenvalue weighted by atomic mass is 9.33. The number of hydrogen-bond acceptors (Lipinski definition) is 4. The van der Waals surface area contributed by atoms with E-state index in [1.807, 2.05) is 6.07 Å². The van der Waals surface area contributed by atoms with Crippen molar-refractivity contribution in [1.82, 2.24) is 0 Å². The first-order valence-electron chi connectivity index (χ1n) is 19.5. The Morgan fingerprint density at radius 2 is 1.05 bits per heavy atom. The minimum atomic E-state index is -0.282. The van der Waals surface area contributed by atoms with E-state index in [4.69, 9.17) is 8.83 Å². The fourth-order valence-corrected chi connectivity index (χ4v) is 10.5. The van der Waals surface area contributed by atoms with Gasteiger partial charge in [0.05, 0.1) is 5.69 Å². The highest BCUT2D eigenvalue weighted by molar-refractivity contribution is 7.00. The van der Waals surface area contributed by atoms with Crippen LogP contribution >= 0.6 is 0 Å². The molecule has 0 N–H and O–H groups in total. The van der Waals surface area contributed by atoms with Crippen molar-refractivity contribution in [2.75, 3.05) is 9.80 Å². The third-order valence-electron chi connectivity index (χ3n) is 12.8. The summed E-state index contributed by atoms with van der Waals surface area (Å²) in [5.74, 6) is 0. The topological polar surface area (TPSA) is 32.8 Å². The molecule has 0 amide bonds. The summed E-state index contributed by atoms with van der Waals surface area (Å²) in [5.41, 5.74) is 19.2. The molecule has 0 saturated heterocycles. The predicted molar refractivity (Wildman–Crippen MR) is 233 cm³/mol. The van der Waals surface area contributed by atoms with Gasteiger partial charge in [0.25, 0.3) is 6.71 Å². The quantitative estimate of drug-likeness (QED) is 0.167. The van der Waals surface area contributed by atoms with Crippen molar-refractivity contribution >= 4 is 101 Å². The SMILES string of the molecule is CC1(C)c2ccccc2-c2cc3c(oc4ccccc43)c(N3c4ccccc4B4c5ccccc5N(c5ccc6c(c5)oc5ccccc56)c5cccc3c54)c21. The van der Waals surface area contributed by atoms with Crippen molar-refractivity contribution in [3.05, 3.63) is 175 Å². The van der Waals surface area contributed by atoms with Crippen LogP contribution in [0.3, 0.4) is 0 Å². The van der Waals surface area contributed by atoms with Crippen molar-refractivity contribution in [3.8, 4) is 11.1 Å². The summed E-state index contributed by atoms with van der Waals surface area (Å²) in [6.45, 7) is 4.78. The maximum absolute atomic E-state index is 7.03. The van der Waals surface area contributed by atoms with Crippen LogP contribution in [-0.4, -0.2) is 6.71 Å². The zero-order chi connectivity index (χ0) is 36.9. The van der Waals surface area contributed by atoms with Crippen LogP contribution < -0.4 is 26.2 Å². The molecule has 56 heavy (non-hydrogen) atoms. The van der Waals surface area contributed by atoms with E-state index in [0.717, 1.165) is 66.6 Å². The van der Waals surface area contributed by atoms with Crippen LogP contribution in [0.4, 0.5) is 34.1 Å². The highest BCUT2D eigenvalue weighted by atomic mass is 16.3. The third-order valence-corrected chi connectivity index (χ3v) is 12.8. The van der Waals surface area contributed by atoms with Gasteiger partial charge in [0.15, 0.2) is 5.58 Å². The second-order valence-corrected chi connectivity index (χ2v) is 16.0. The summed E-state index contributed by atoms with van der Waals surface area (Å²) in [4.78, 5) is 4.98. The number of rotatable bonds is 2. The van der Waals surface area contributed by atoms with Crippen LogP contribution in [0.2, 0.25) is 0 Å². The van der Waals surface area contributed by atoms with Crippen molar-refractivity contribution in [2.45, 2.75) is 19.3 Å². The number of para-hydroxylation sites is 4. The molecule has 4 heterocycles. The number of nitrogens with zero attached hydrogens (tertiary/aromatic N) is 2. The standard InChI is InChI=1S/C51H33BN2O2/c1-51(2)37-17-6-3-14-31(37)35-29-36-33-16-5-12-25-45(33)56-50(36)49(47(35)51)54-41-21-10-8-19-39(41)52-38-18-7-9-20-40(38)53(42-22-13-23-43(54)48(42)52)30-26-27-34-32-15-4-11-24-44(32)55-46(34)28-30/h3-29H,1-2H3. The van der Waals surface area contributed by atoms with E-state index in [9.17, 15) is 0 Å². The van der Waals surface area contributed by atoms with Gasteiger partial charge in [-0.25, -0.2) is 0 Å². The molecule has 0 spiro atoms. The van der Waals surface area contributed by atoms with Crippen LogP contribution in [0.1, 0.15) is 25.0 Å². The second-order valence-electron chi connectivity index (χ2n) is 16.0. The van der Waals surface area contributed by atoms with E-state index in [1.54, 1.807) is 0 Å². The first-order valence-corrected chi connectivity index (χ1v) is 19.5. The number of hydrogen-bond donors (Lipinski definition) is 0. The van der Waals surface area contributed by atoms with Gasteiger partial charge in [-0.1, -0.05) is 117 Å². The maximum atomic E-state index is 7.03. The molecule has 1 aliphatic carbocycles. The van der Waals surface area contributed by atoms with Crippen LogP contribution in [0, 0.1) is 0 Å². The van der Waals surface area contributed by atoms with E-state index >= 15 is 0 Å². The van der Waals surface area contributed by atoms with Crippen molar-refractivity contribution < 1.29 is 8.83 Å². The summed E-state index contributed by atoms with van der Waals surface area (Å²) in [5, 5.41) is 4.53. The smallest absolute Gasteiger partial charge is 0.252 e. The number of furan rings is 2. The van der Waals surface area contributed by atoms with Crippen LogP contribution in [0.5, 0.6) is 0 Å². The summed E-state index contributed by atoms with van der Waals surface area (Å²) < 4.78 is 13.5. The van der Waals surface area contributed by atoms with E-state index in [1.165, 1.54) is 50.0 Å². The maximum Gasteiger partial charge on any atom is 0.252 e. The predicted octanol–water partition coefficient (Wildman–Crippen LogP) is 11.9. The Hall–Kier alpha value is -6.98. The zero-order valence-electron chi connectivity index (χ0n) is 30.9. The fourth-order valence-electron chi connectivity index (χ4n) is 10.5. The molecule has 0 bridgehead atoms. The molecule has 3 aliphatic rings. The van der Waals surface area contributed by atoms with Gasteiger partial charge in [0.2, 0.25) is 0 Å². The van der Waals surface area contributed by atoms with Crippen molar-refractivity contribution in [1.29, 1.82) is 0 Å². The number of anilines is 6. The lowest BCUT2D eigenvalue weighted by Gasteiger charge is -2.44. The molecule has 8 aromatic carbocycles. The molecule has 10 aromatic rings. The Labute approximate surface area is 323 Å². The van der Waals surface area contributed by atoms with E-state index in [-0.39, 0.29) is 12.1 Å². The van der Waals surface area contributed by atoms with Gasteiger partial charge in [-0.15, -0.1) is 0 Å². The minimum Gasteiger partial charge on any atom is -0.456 e. The molecule has 13 rings (SSSR count). The average Bonchev–Trinajstić information content (AvgIpc) is 3.87. The zero-order valence-corrected chi connectivity index (χ0v) is 30.9. The average molecular weight is 717 g/mol. The van der Waals surface area contributed by atoms with E-state index < -0.39 is 0 Å². The number of fused-ring (bicyclic) bond motifs is 13. The van der Waals surface area contributed by atoms with Crippen LogP contribution in [0.25, 0.3) is 55.0 Å². The Morgan fingerprint density at radius 3 is 1.84 bits per heavy atom. The van der Waals surface area contributed by atoms with Gasteiger partial charge in [-0.05, 0) is 93.2 Å². The van der Waals surface area contributed by atoms with Gasteiger partial charge in [-0.3, -0.25) is 0 Å². The number of benzene rings is 8. The molecule has 0 atom stereocenters. The molecule has 0 fully saturated rings. The third kappa shape index (κ3) is 3.75. The Morgan fingerprint density at radius 1 is 0.464 bits per heavy atom. The van der Waals surface area contributed by atoms with E-state index in [2.05, 4.69) is 181 Å². The molecule has 0 saturated carbocycles. The van der Waals surface area contributed by atoms with Crippen LogP contribution in [-0.2, 0) is 5.41 Å². The molecule has 0 radical (unpaired) electrons. The van der Waals surface area contributed by atoms with Crippen molar-refractivity contribution in [2.24, 2.45) is 0 Å². The highest BCUT2D eigenvalue weighted by Gasteiger charge is 2.46. The molecule has 0 unspecified atom stereocenters. The molecular weight excluding hydrogens is 683 g/mol. The Bertz CT molecular complexity index is 3330. The summed E-state index contributed by atoms with van der Waals surface area (Å²) in [7, 11) is 0. The monoisotopic (exact) mass is 716 g/mol. The van der Waals surface area contributed by atoms with Crippen LogP contribution in [0.15, 0.2) is 173 Å². The van der Waals surface area contributed by atoms with Gasteiger partial charge in [-0.2, -0.15) is 0 Å².